The minimum atomic E-state index is 0.368. The molecule has 2 rings (SSSR count). The van der Waals surface area contributed by atoms with Gasteiger partial charge in [-0.25, -0.2) is 0 Å². The Morgan fingerprint density at radius 3 is 2.30 bits per heavy atom. The van der Waals surface area contributed by atoms with Crippen LogP contribution in [0.3, 0.4) is 0 Å². The number of hydrogen-bond donors (Lipinski definition) is 2. The van der Waals surface area contributed by atoms with Crippen LogP contribution in [0.4, 0.5) is 11.4 Å². The zero-order valence-corrected chi connectivity index (χ0v) is 13.4. The number of methoxy groups -OCH3 is 1. The third kappa shape index (κ3) is 3.38. The van der Waals surface area contributed by atoms with E-state index in [1.54, 1.807) is 7.11 Å². The van der Waals surface area contributed by atoms with Gasteiger partial charge in [-0.3, -0.25) is 0 Å². The zero-order chi connectivity index (χ0) is 15.0. The van der Waals surface area contributed by atoms with Crippen LogP contribution in [0.15, 0.2) is 18.2 Å². The van der Waals surface area contributed by atoms with Crippen molar-refractivity contribution < 1.29 is 4.74 Å². The highest BCUT2D eigenvalue weighted by Crippen LogP contribution is 2.46. The van der Waals surface area contributed by atoms with Crippen LogP contribution in [0.25, 0.3) is 0 Å². The van der Waals surface area contributed by atoms with Gasteiger partial charge in [-0.15, -0.1) is 0 Å². The Hall–Kier alpha value is -1.38. The number of ether oxygens (including phenoxy) is 1. The summed E-state index contributed by atoms with van der Waals surface area (Å²) in [4.78, 5) is 0. The van der Waals surface area contributed by atoms with E-state index >= 15 is 0 Å². The van der Waals surface area contributed by atoms with Gasteiger partial charge in [0, 0.05) is 6.04 Å². The van der Waals surface area contributed by atoms with Crippen LogP contribution in [0.1, 0.15) is 47.0 Å². The van der Waals surface area contributed by atoms with Crippen LogP contribution in [0.5, 0.6) is 5.75 Å². The van der Waals surface area contributed by atoms with Gasteiger partial charge in [0.1, 0.15) is 5.75 Å². The Morgan fingerprint density at radius 1 is 1.15 bits per heavy atom. The summed E-state index contributed by atoms with van der Waals surface area (Å²) in [5.74, 6) is 0.740. The first kappa shape index (κ1) is 15.0. The van der Waals surface area contributed by atoms with E-state index in [0.717, 1.165) is 11.4 Å². The van der Waals surface area contributed by atoms with Gasteiger partial charge in [0.25, 0.3) is 0 Å². The lowest BCUT2D eigenvalue weighted by Gasteiger charge is -2.45. The van der Waals surface area contributed by atoms with Crippen LogP contribution >= 0.6 is 0 Å². The molecule has 0 heterocycles. The molecular weight excluding hydrogens is 248 g/mol. The molecule has 0 radical (unpaired) electrons. The third-order valence-corrected chi connectivity index (χ3v) is 4.20. The molecule has 20 heavy (non-hydrogen) atoms. The summed E-state index contributed by atoms with van der Waals surface area (Å²) >= 11 is 0. The Balaban J connectivity index is 2.17. The molecule has 1 aliphatic carbocycles. The molecule has 1 saturated carbocycles. The molecule has 1 fully saturated rings. The molecule has 1 aliphatic rings. The van der Waals surface area contributed by atoms with Gasteiger partial charge in [-0.1, -0.05) is 33.8 Å². The molecule has 0 aliphatic heterocycles. The van der Waals surface area contributed by atoms with E-state index < -0.39 is 0 Å². The number of nitrogens with one attached hydrogen (secondary N) is 1. The minimum absolute atomic E-state index is 0.368. The first-order chi connectivity index (χ1) is 9.22. The molecule has 0 aromatic heterocycles. The monoisotopic (exact) mass is 276 g/mol. The standard InChI is InChI=1S/C17H28N2O/c1-16(2)9-12(10-17(3,4)11-16)19-13-7-6-8-14(20-5)15(13)18/h6-8,12,19H,9-11,18H2,1-5H3. The van der Waals surface area contributed by atoms with Crippen LogP contribution in [-0.4, -0.2) is 13.2 Å². The second kappa shape index (κ2) is 5.19. The number of rotatable bonds is 3. The number of nitrogens with two attached hydrogens (primary N) is 1. The Bertz CT molecular complexity index is 464. The van der Waals surface area contributed by atoms with Crippen molar-refractivity contribution in [3.8, 4) is 5.75 Å². The lowest BCUT2D eigenvalue weighted by Crippen LogP contribution is -2.40. The molecule has 1 aromatic rings. The maximum Gasteiger partial charge on any atom is 0.143 e. The number of benzene rings is 1. The molecular formula is C17H28N2O. The topological polar surface area (TPSA) is 47.3 Å². The van der Waals surface area contributed by atoms with E-state index in [4.69, 9.17) is 10.5 Å². The van der Waals surface area contributed by atoms with Crippen molar-refractivity contribution in [2.45, 2.75) is 53.0 Å². The van der Waals surface area contributed by atoms with Crippen molar-refractivity contribution in [3.05, 3.63) is 18.2 Å². The SMILES string of the molecule is COc1cccc(NC2CC(C)(C)CC(C)(C)C2)c1N. The first-order valence-corrected chi connectivity index (χ1v) is 7.41. The van der Waals surface area contributed by atoms with Crippen molar-refractivity contribution in [1.82, 2.24) is 0 Å². The summed E-state index contributed by atoms with van der Waals surface area (Å²) < 4.78 is 5.29. The van der Waals surface area contributed by atoms with Gasteiger partial charge in [0.15, 0.2) is 0 Å². The summed E-state index contributed by atoms with van der Waals surface area (Å²) in [6.07, 6.45) is 3.62. The summed E-state index contributed by atoms with van der Waals surface area (Å²) in [5, 5.41) is 3.63. The van der Waals surface area contributed by atoms with Crippen molar-refractivity contribution in [1.29, 1.82) is 0 Å². The van der Waals surface area contributed by atoms with E-state index in [9.17, 15) is 0 Å². The number of para-hydroxylation sites is 1. The van der Waals surface area contributed by atoms with E-state index in [1.807, 2.05) is 18.2 Å². The van der Waals surface area contributed by atoms with Crippen LogP contribution < -0.4 is 15.8 Å². The van der Waals surface area contributed by atoms with Gasteiger partial charge in [-0.05, 0) is 42.2 Å². The molecule has 3 nitrogen and oxygen atoms in total. The largest absolute Gasteiger partial charge is 0.495 e. The molecule has 0 amide bonds. The highest BCUT2D eigenvalue weighted by atomic mass is 16.5. The van der Waals surface area contributed by atoms with Gasteiger partial charge in [0.2, 0.25) is 0 Å². The van der Waals surface area contributed by atoms with Crippen molar-refractivity contribution in [2.75, 3.05) is 18.2 Å². The Labute approximate surface area is 122 Å². The molecule has 3 heteroatoms. The van der Waals surface area contributed by atoms with E-state index in [2.05, 4.69) is 33.0 Å². The van der Waals surface area contributed by atoms with E-state index in [-0.39, 0.29) is 0 Å². The number of nitrogen functional groups attached to an aromatic ring is 1. The summed E-state index contributed by atoms with van der Waals surface area (Å²) in [6.45, 7) is 9.43. The second-order valence-electron chi connectivity index (χ2n) is 7.68. The Kier molecular flexibility index (Phi) is 3.90. The fourth-order valence-electron chi connectivity index (χ4n) is 4.02. The first-order valence-electron chi connectivity index (χ1n) is 7.41. The predicted molar refractivity (Wildman–Crippen MR) is 86.2 cm³/mol. The highest BCUT2D eigenvalue weighted by Gasteiger charge is 2.38. The maximum atomic E-state index is 6.16. The van der Waals surface area contributed by atoms with Crippen molar-refractivity contribution in [3.63, 3.8) is 0 Å². The average molecular weight is 276 g/mol. The molecule has 1 aromatic carbocycles. The molecule has 0 atom stereocenters. The summed E-state index contributed by atoms with van der Waals surface area (Å²) in [6, 6.07) is 6.38. The highest BCUT2D eigenvalue weighted by molar-refractivity contribution is 5.73. The maximum absolute atomic E-state index is 6.16. The molecule has 3 N–H and O–H groups in total. The Morgan fingerprint density at radius 2 is 1.75 bits per heavy atom. The minimum Gasteiger partial charge on any atom is -0.495 e. The van der Waals surface area contributed by atoms with Gasteiger partial charge in [-0.2, -0.15) is 0 Å². The molecule has 0 saturated heterocycles. The molecule has 112 valence electrons. The van der Waals surface area contributed by atoms with Crippen LogP contribution in [0.2, 0.25) is 0 Å². The third-order valence-electron chi connectivity index (χ3n) is 4.20. The second-order valence-corrected chi connectivity index (χ2v) is 7.68. The summed E-state index contributed by atoms with van der Waals surface area (Å²) in [7, 11) is 1.66. The van der Waals surface area contributed by atoms with Crippen molar-refractivity contribution >= 4 is 11.4 Å². The number of anilines is 2. The van der Waals surface area contributed by atoms with Gasteiger partial charge in [0.05, 0.1) is 18.5 Å². The predicted octanol–water partition coefficient (Wildman–Crippen LogP) is 4.29. The summed E-state index contributed by atoms with van der Waals surface area (Å²) in [5.41, 5.74) is 8.59. The molecule has 0 bridgehead atoms. The van der Waals surface area contributed by atoms with Crippen LogP contribution in [-0.2, 0) is 0 Å². The molecule has 0 unspecified atom stereocenters. The van der Waals surface area contributed by atoms with E-state index in [1.165, 1.54) is 19.3 Å². The van der Waals surface area contributed by atoms with Gasteiger partial charge >= 0.3 is 0 Å². The quantitative estimate of drug-likeness (QED) is 0.809. The van der Waals surface area contributed by atoms with Crippen LogP contribution in [0, 0.1) is 10.8 Å². The fourth-order valence-corrected chi connectivity index (χ4v) is 4.02. The number of hydrogen-bond acceptors (Lipinski definition) is 3. The van der Waals surface area contributed by atoms with Crippen molar-refractivity contribution in [2.24, 2.45) is 10.8 Å². The lowest BCUT2D eigenvalue weighted by atomic mass is 9.63. The van der Waals surface area contributed by atoms with Gasteiger partial charge < -0.3 is 15.8 Å². The fraction of sp³-hybridized carbons (Fsp3) is 0.647. The average Bonchev–Trinajstić information content (AvgIpc) is 2.27. The lowest BCUT2D eigenvalue weighted by molar-refractivity contribution is 0.105. The van der Waals surface area contributed by atoms with E-state index in [0.29, 0.717) is 22.6 Å². The molecule has 0 spiro atoms. The zero-order valence-electron chi connectivity index (χ0n) is 13.4. The smallest absolute Gasteiger partial charge is 0.143 e. The normalized spacial score (nSPS) is 21.4.